The van der Waals surface area contributed by atoms with Crippen LogP contribution in [0.15, 0.2) is 51.7 Å². The Morgan fingerprint density at radius 2 is 1.93 bits per heavy atom. The minimum atomic E-state index is -0.278. The zero-order chi connectivity index (χ0) is 21.7. The molecule has 0 aliphatic rings. The lowest BCUT2D eigenvalue weighted by molar-refractivity contribution is 0.0942. The quantitative estimate of drug-likeness (QED) is 0.546. The number of aromatic nitrogens is 1. The van der Waals surface area contributed by atoms with Crippen LogP contribution in [-0.4, -0.2) is 21.8 Å². The molecule has 0 bridgehead atoms. The van der Waals surface area contributed by atoms with Crippen LogP contribution < -0.4 is 5.32 Å². The zero-order valence-corrected chi connectivity index (χ0v) is 18.4. The molecule has 2 aromatic heterocycles. The zero-order valence-electron chi connectivity index (χ0n) is 18.4. The number of amides is 1. The summed E-state index contributed by atoms with van der Waals surface area (Å²) in [4.78, 5) is 19.1. The summed E-state index contributed by atoms with van der Waals surface area (Å²) in [5.74, 6) is 1.42. The Kier molecular flexibility index (Phi) is 7.11. The molecule has 0 radical (unpaired) electrons. The Hall–Kier alpha value is -2.86. The van der Waals surface area contributed by atoms with E-state index in [1.165, 1.54) is 23.0 Å². The van der Waals surface area contributed by atoms with E-state index in [-0.39, 0.29) is 11.6 Å². The maximum absolute atomic E-state index is 12.4. The van der Waals surface area contributed by atoms with E-state index in [0.717, 1.165) is 6.54 Å². The molecule has 6 heteroatoms. The number of benzene rings is 1. The number of nitrogens with zero attached hydrogens (tertiary/aromatic N) is 2. The summed E-state index contributed by atoms with van der Waals surface area (Å²) >= 11 is 0. The number of carbonyl (C=O) groups excluding carboxylic acids is 1. The molecule has 1 N–H and O–H groups in total. The summed E-state index contributed by atoms with van der Waals surface area (Å²) in [6, 6.07) is 10.5. The van der Waals surface area contributed by atoms with Crippen LogP contribution in [0.2, 0.25) is 0 Å². The minimum Gasteiger partial charge on any atom is -0.467 e. The van der Waals surface area contributed by atoms with Crippen LogP contribution in [0.25, 0.3) is 0 Å². The molecule has 1 amide bonds. The molecule has 0 spiro atoms. The first kappa shape index (κ1) is 21.8. The molecule has 0 aliphatic carbocycles. The summed E-state index contributed by atoms with van der Waals surface area (Å²) in [6.45, 7) is 12.5. The van der Waals surface area contributed by atoms with Crippen molar-refractivity contribution >= 4 is 5.91 Å². The van der Waals surface area contributed by atoms with Crippen LogP contribution >= 0.6 is 0 Å². The molecule has 30 heavy (non-hydrogen) atoms. The number of hydrogen-bond acceptors (Lipinski definition) is 5. The van der Waals surface area contributed by atoms with Crippen molar-refractivity contribution in [2.45, 2.75) is 60.3 Å². The summed E-state index contributed by atoms with van der Waals surface area (Å²) in [5.41, 5.74) is 4.11. The van der Waals surface area contributed by atoms with Gasteiger partial charge in [-0.3, -0.25) is 9.69 Å². The lowest BCUT2D eigenvalue weighted by atomic mass is 10.0. The fourth-order valence-corrected chi connectivity index (χ4v) is 3.34. The van der Waals surface area contributed by atoms with E-state index in [1.54, 1.807) is 12.3 Å². The van der Waals surface area contributed by atoms with Gasteiger partial charge in [0.05, 0.1) is 19.4 Å². The van der Waals surface area contributed by atoms with Gasteiger partial charge in [-0.25, -0.2) is 4.98 Å². The molecule has 6 nitrogen and oxygen atoms in total. The standard InChI is InChI=1S/C24H31N3O3/c1-16(2)19(5)27(13-20-9-8-17(3)11-18(20)4)14-23-26-22(15-30-23)24(28)25-12-21-7-6-10-29-21/h6-11,15-16,19H,12-14H2,1-5H3,(H,25,28). The highest BCUT2D eigenvalue weighted by atomic mass is 16.3. The normalized spacial score (nSPS) is 12.5. The number of aryl methyl sites for hydroxylation is 2. The predicted molar refractivity (Wildman–Crippen MR) is 116 cm³/mol. The smallest absolute Gasteiger partial charge is 0.273 e. The molecule has 0 saturated heterocycles. The Balaban J connectivity index is 1.69. The third-order valence-electron chi connectivity index (χ3n) is 5.54. The molecule has 3 aromatic rings. The van der Waals surface area contributed by atoms with Crippen molar-refractivity contribution in [1.82, 2.24) is 15.2 Å². The van der Waals surface area contributed by atoms with Gasteiger partial charge < -0.3 is 14.2 Å². The van der Waals surface area contributed by atoms with Crippen LogP contribution in [0.5, 0.6) is 0 Å². The summed E-state index contributed by atoms with van der Waals surface area (Å²) < 4.78 is 10.9. The van der Waals surface area contributed by atoms with E-state index in [1.807, 2.05) is 6.07 Å². The molecule has 3 rings (SSSR count). The van der Waals surface area contributed by atoms with Crippen LogP contribution in [0.4, 0.5) is 0 Å². The van der Waals surface area contributed by atoms with Crippen molar-refractivity contribution in [3.63, 3.8) is 0 Å². The highest BCUT2D eigenvalue weighted by Gasteiger charge is 2.22. The average molecular weight is 410 g/mol. The Labute approximate surface area is 178 Å². The van der Waals surface area contributed by atoms with Crippen molar-refractivity contribution in [2.24, 2.45) is 5.92 Å². The summed E-state index contributed by atoms with van der Waals surface area (Å²) in [7, 11) is 0. The first-order valence-corrected chi connectivity index (χ1v) is 10.4. The van der Waals surface area contributed by atoms with Gasteiger partial charge in [0.1, 0.15) is 12.0 Å². The number of furan rings is 1. The second-order valence-corrected chi connectivity index (χ2v) is 8.21. The maximum atomic E-state index is 12.4. The van der Waals surface area contributed by atoms with Crippen molar-refractivity contribution in [1.29, 1.82) is 0 Å². The van der Waals surface area contributed by atoms with Crippen molar-refractivity contribution in [3.05, 3.63) is 76.9 Å². The van der Waals surface area contributed by atoms with E-state index in [4.69, 9.17) is 8.83 Å². The van der Waals surface area contributed by atoms with Crippen molar-refractivity contribution in [2.75, 3.05) is 0 Å². The fourth-order valence-electron chi connectivity index (χ4n) is 3.34. The van der Waals surface area contributed by atoms with Gasteiger partial charge in [0.25, 0.3) is 5.91 Å². The number of carbonyl (C=O) groups is 1. The number of nitrogens with one attached hydrogen (secondary N) is 1. The van der Waals surface area contributed by atoms with Gasteiger partial charge in [-0.05, 0) is 49.9 Å². The van der Waals surface area contributed by atoms with Gasteiger partial charge in [-0.2, -0.15) is 0 Å². The van der Waals surface area contributed by atoms with E-state index >= 15 is 0 Å². The number of hydrogen-bond donors (Lipinski definition) is 1. The SMILES string of the molecule is Cc1ccc(CN(Cc2nc(C(=O)NCc3ccco3)co2)C(C)C(C)C)c(C)c1. The van der Waals surface area contributed by atoms with E-state index in [2.05, 4.69) is 68.0 Å². The molecule has 0 fully saturated rings. The van der Waals surface area contributed by atoms with Gasteiger partial charge >= 0.3 is 0 Å². The number of oxazole rings is 1. The Morgan fingerprint density at radius 1 is 1.13 bits per heavy atom. The van der Waals surface area contributed by atoms with Gasteiger partial charge in [-0.1, -0.05) is 37.6 Å². The van der Waals surface area contributed by atoms with E-state index in [9.17, 15) is 4.79 Å². The number of rotatable bonds is 9. The highest BCUT2D eigenvalue weighted by molar-refractivity contribution is 5.91. The summed E-state index contributed by atoms with van der Waals surface area (Å²) in [5, 5.41) is 2.79. The lowest BCUT2D eigenvalue weighted by Crippen LogP contribution is -2.36. The van der Waals surface area contributed by atoms with Gasteiger partial charge in [0, 0.05) is 12.6 Å². The van der Waals surface area contributed by atoms with Crippen LogP contribution in [-0.2, 0) is 19.6 Å². The lowest BCUT2D eigenvalue weighted by Gasteiger charge is -2.31. The molecule has 2 heterocycles. The topological polar surface area (TPSA) is 71.5 Å². The fraction of sp³-hybridized carbons (Fsp3) is 0.417. The molecule has 1 atom stereocenters. The second-order valence-electron chi connectivity index (χ2n) is 8.21. The molecule has 160 valence electrons. The van der Waals surface area contributed by atoms with Gasteiger partial charge in [0.2, 0.25) is 5.89 Å². The summed E-state index contributed by atoms with van der Waals surface area (Å²) in [6.07, 6.45) is 3.00. The maximum Gasteiger partial charge on any atom is 0.273 e. The van der Waals surface area contributed by atoms with Crippen molar-refractivity contribution in [3.8, 4) is 0 Å². The first-order valence-electron chi connectivity index (χ1n) is 10.4. The molecule has 1 aromatic carbocycles. The Morgan fingerprint density at radius 3 is 2.60 bits per heavy atom. The molecular weight excluding hydrogens is 378 g/mol. The van der Waals surface area contributed by atoms with Crippen LogP contribution in [0, 0.1) is 19.8 Å². The van der Waals surface area contributed by atoms with Crippen LogP contribution in [0.3, 0.4) is 0 Å². The molecule has 0 saturated carbocycles. The van der Waals surface area contributed by atoms with Crippen LogP contribution in [0.1, 0.15) is 59.6 Å². The monoisotopic (exact) mass is 409 g/mol. The molecule has 0 aliphatic heterocycles. The predicted octanol–water partition coefficient (Wildman–Crippen LogP) is 4.86. The molecule has 1 unspecified atom stereocenters. The third kappa shape index (κ3) is 5.60. The average Bonchev–Trinajstić information content (AvgIpc) is 3.39. The van der Waals surface area contributed by atoms with Crippen molar-refractivity contribution < 1.29 is 13.6 Å². The third-order valence-corrected chi connectivity index (χ3v) is 5.54. The van der Waals surface area contributed by atoms with Gasteiger partial charge in [-0.15, -0.1) is 0 Å². The van der Waals surface area contributed by atoms with E-state index in [0.29, 0.717) is 36.7 Å². The van der Waals surface area contributed by atoms with Gasteiger partial charge in [0.15, 0.2) is 5.69 Å². The van der Waals surface area contributed by atoms with E-state index < -0.39 is 0 Å². The molecular formula is C24H31N3O3. The second kappa shape index (κ2) is 9.76. The first-order chi connectivity index (χ1) is 14.3. The largest absolute Gasteiger partial charge is 0.467 e. The minimum absolute atomic E-state index is 0.278. The highest BCUT2D eigenvalue weighted by Crippen LogP contribution is 2.20. The Bertz CT molecular complexity index is 960.